The predicted octanol–water partition coefficient (Wildman–Crippen LogP) is 4.78. The topological polar surface area (TPSA) is 40.5 Å². The van der Waals surface area contributed by atoms with Gasteiger partial charge in [0.2, 0.25) is 0 Å². The number of aromatic hydroxyl groups is 2. The van der Waals surface area contributed by atoms with E-state index in [0.717, 1.165) is 0 Å². The summed E-state index contributed by atoms with van der Waals surface area (Å²) < 4.78 is 36.3. The highest BCUT2D eigenvalue weighted by Crippen LogP contribution is 2.39. The number of hydrogen-bond acceptors (Lipinski definition) is 2. The highest BCUT2D eigenvalue weighted by atomic mass is 79.9. The molecule has 0 fully saturated rings. The van der Waals surface area contributed by atoms with Gasteiger partial charge in [0.1, 0.15) is 16.3 Å². The average Bonchev–Trinajstić information content (AvgIpc) is 2.42. The predicted molar refractivity (Wildman–Crippen MR) is 73.9 cm³/mol. The number of halogens is 4. The molecule has 0 saturated carbocycles. The largest absolute Gasteiger partial charge is 0.508 e. The second-order valence-corrected chi connectivity index (χ2v) is 4.75. The van der Waals surface area contributed by atoms with Crippen LogP contribution in [0.15, 0.2) is 54.6 Å². The van der Waals surface area contributed by atoms with Crippen molar-refractivity contribution >= 4 is 15.9 Å². The summed E-state index contributed by atoms with van der Waals surface area (Å²) in [6.07, 6.45) is -4.22. The van der Waals surface area contributed by atoms with Crippen molar-refractivity contribution in [3.63, 3.8) is 0 Å². The molecule has 0 spiro atoms. The zero-order valence-electron chi connectivity index (χ0n) is 10.2. The van der Waals surface area contributed by atoms with Gasteiger partial charge in [-0.05, 0) is 29.8 Å². The molecule has 2 aromatic rings. The zero-order chi connectivity index (χ0) is 15.2. The molecule has 0 aliphatic heterocycles. The van der Waals surface area contributed by atoms with E-state index < -0.39 is 11.0 Å². The van der Waals surface area contributed by atoms with Crippen molar-refractivity contribution in [1.82, 2.24) is 0 Å². The van der Waals surface area contributed by atoms with E-state index >= 15 is 0 Å². The summed E-state index contributed by atoms with van der Waals surface area (Å²) in [5.74, 6) is 0.339. The molecule has 0 bridgehead atoms. The Labute approximate surface area is 122 Å². The normalized spacial score (nSPS) is 12.2. The lowest BCUT2D eigenvalue weighted by molar-refractivity contribution is -0.128. The molecule has 6 heteroatoms. The Kier molecular flexibility index (Phi) is 5.88. The molecule has 0 aliphatic rings. The Hall–Kier alpha value is -1.69. The number of phenolic OH excluding ortho intramolecular Hbond substituents is 2. The van der Waals surface area contributed by atoms with Crippen LogP contribution in [0.4, 0.5) is 13.2 Å². The lowest BCUT2D eigenvalue weighted by Gasteiger charge is -2.13. The molecule has 2 nitrogen and oxygen atoms in total. The maximum absolute atomic E-state index is 12.1. The molecule has 0 saturated heterocycles. The molecule has 2 N–H and O–H groups in total. The minimum Gasteiger partial charge on any atom is -0.508 e. The summed E-state index contributed by atoms with van der Waals surface area (Å²) in [7, 11) is 0. The zero-order valence-corrected chi connectivity index (χ0v) is 11.8. The van der Waals surface area contributed by atoms with Gasteiger partial charge in [0, 0.05) is 0 Å². The number of alkyl halides is 4. The van der Waals surface area contributed by atoms with Crippen LogP contribution < -0.4 is 0 Å². The first-order valence-electron chi connectivity index (χ1n) is 5.54. The van der Waals surface area contributed by atoms with Crippen molar-refractivity contribution in [2.24, 2.45) is 0 Å². The summed E-state index contributed by atoms with van der Waals surface area (Å²) in [5, 5.41) is 17.3. The third kappa shape index (κ3) is 5.52. The quantitative estimate of drug-likeness (QED) is 0.575. The molecule has 0 aliphatic carbocycles. The fourth-order valence-electron chi connectivity index (χ4n) is 1.26. The summed E-state index contributed by atoms with van der Waals surface area (Å²) >= 11 is 2.58. The van der Waals surface area contributed by atoms with Crippen LogP contribution in [0.5, 0.6) is 11.5 Å². The smallest absolute Gasteiger partial charge is 0.405 e. The van der Waals surface area contributed by atoms with Crippen LogP contribution in [0, 0.1) is 0 Å². The van der Waals surface area contributed by atoms with Gasteiger partial charge in [0.15, 0.2) is 0 Å². The summed E-state index contributed by atoms with van der Waals surface area (Å²) in [6, 6.07) is 13.4. The molecule has 0 amide bonds. The van der Waals surface area contributed by atoms with Gasteiger partial charge < -0.3 is 10.2 Å². The molecule has 108 valence electrons. The Balaban J connectivity index is 0.000000217. The Morgan fingerprint density at radius 3 is 1.55 bits per heavy atom. The number of benzene rings is 2. The van der Waals surface area contributed by atoms with Crippen LogP contribution in [0.1, 0.15) is 10.4 Å². The van der Waals surface area contributed by atoms with E-state index in [1.54, 1.807) is 18.2 Å². The van der Waals surface area contributed by atoms with Crippen molar-refractivity contribution in [3.8, 4) is 11.5 Å². The standard InChI is InChI=1S/C8H6BrF3.C6H6O2/c9-7(8(10,11)12)6-4-2-1-3-5-6;7-5-1-2-6(8)4-3-5/h1-5,7H;1-4,7-8H. The van der Waals surface area contributed by atoms with Gasteiger partial charge in [0.05, 0.1) is 0 Å². The first-order chi connectivity index (χ1) is 9.30. The van der Waals surface area contributed by atoms with Gasteiger partial charge in [-0.2, -0.15) is 13.2 Å². The molecule has 1 unspecified atom stereocenters. The summed E-state index contributed by atoms with van der Waals surface area (Å²) in [6.45, 7) is 0. The van der Waals surface area contributed by atoms with E-state index in [2.05, 4.69) is 15.9 Å². The molecular formula is C14H12BrF3O2. The Morgan fingerprint density at radius 2 is 1.20 bits per heavy atom. The van der Waals surface area contributed by atoms with Gasteiger partial charge in [-0.15, -0.1) is 0 Å². The van der Waals surface area contributed by atoms with Crippen molar-refractivity contribution in [1.29, 1.82) is 0 Å². The average molecular weight is 349 g/mol. The lowest BCUT2D eigenvalue weighted by atomic mass is 10.1. The number of hydrogen-bond donors (Lipinski definition) is 2. The molecule has 0 radical (unpaired) electrons. The number of phenols is 2. The minimum atomic E-state index is -4.22. The van der Waals surface area contributed by atoms with Crippen LogP contribution in [-0.4, -0.2) is 16.4 Å². The van der Waals surface area contributed by atoms with E-state index in [-0.39, 0.29) is 17.1 Å². The monoisotopic (exact) mass is 348 g/mol. The van der Waals surface area contributed by atoms with Gasteiger partial charge in [-0.25, -0.2) is 0 Å². The molecular weight excluding hydrogens is 337 g/mol. The fourth-order valence-corrected chi connectivity index (χ4v) is 1.57. The molecule has 1 atom stereocenters. The van der Waals surface area contributed by atoms with E-state index in [9.17, 15) is 13.2 Å². The van der Waals surface area contributed by atoms with E-state index in [1.807, 2.05) is 0 Å². The highest BCUT2D eigenvalue weighted by Gasteiger charge is 2.38. The fraction of sp³-hybridized carbons (Fsp3) is 0.143. The lowest BCUT2D eigenvalue weighted by Crippen LogP contribution is -2.14. The van der Waals surface area contributed by atoms with Crippen molar-refractivity contribution < 1.29 is 23.4 Å². The van der Waals surface area contributed by atoms with E-state index in [4.69, 9.17) is 10.2 Å². The van der Waals surface area contributed by atoms with Crippen molar-refractivity contribution in [3.05, 3.63) is 60.2 Å². The highest BCUT2D eigenvalue weighted by molar-refractivity contribution is 9.09. The van der Waals surface area contributed by atoms with Crippen LogP contribution >= 0.6 is 15.9 Å². The molecule has 2 rings (SSSR count). The van der Waals surface area contributed by atoms with Crippen LogP contribution in [0.25, 0.3) is 0 Å². The van der Waals surface area contributed by atoms with Gasteiger partial charge in [0.25, 0.3) is 0 Å². The maximum atomic E-state index is 12.1. The minimum absolute atomic E-state index is 0.169. The van der Waals surface area contributed by atoms with Crippen molar-refractivity contribution in [2.75, 3.05) is 0 Å². The third-order valence-electron chi connectivity index (χ3n) is 2.23. The number of rotatable bonds is 1. The first kappa shape index (κ1) is 16.4. The maximum Gasteiger partial charge on any atom is 0.405 e. The van der Waals surface area contributed by atoms with Gasteiger partial charge >= 0.3 is 6.18 Å². The van der Waals surface area contributed by atoms with Gasteiger partial charge in [-0.1, -0.05) is 46.3 Å². The SMILES string of the molecule is FC(F)(F)C(Br)c1ccccc1.Oc1ccc(O)cc1. The van der Waals surface area contributed by atoms with Gasteiger partial charge in [-0.3, -0.25) is 0 Å². The van der Waals surface area contributed by atoms with Crippen LogP contribution in [-0.2, 0) is 0 Å². The second kappa shape index (κ2) is 7.19. The van der Waals surface area contributed by atoms with Crippen LogP contribution in [0.2, 0.25) is 0 Å². The summed E-state index contributed by atoms with van der Waals surface area (Å²) in [5.41, 5.74) is 0.227. The van der Waals surface area contributed by atoms with E-state index in [0.29, 0.717) is 0 Å². The third-order valence-corrected chi connectivity index (χ3v) is 3.28. The summed E-state index contributed by atoms with van der Waals surface area (Å²) in [4.78, 5) is -1.56. The van der Waals surface area contributed by atoms with E-state index in [1.165, 1.54) is 36.4 Å². The molecule has 20 heavy (non-hydrogen) atoms. The molecule has 2 aromatic carbocycles. The Morgan fingerprint density at radius 1 is 0.800 bits per heavy atom. The second-order valence-electron chi connectivity index (χ2n) is 3.83. The Bertz CT molecular complexity index is 491. The van der Waals surface area contributed by atoms with Crippen LogP contribution in [0.3, 0.4) is 0 Å². The molecule has 0 heterocycles. The molecule has 0 aromatic heterocycles. The van der Waals surface area contributed by atoms with Crippen molar-refractivity contribution in [2.45, 2.75) is 11.0 Å². The first-order valence-corrected chi connectivity index (χ1v) is 6.46.